The topological polar surface area (TPSA) is 82.0 Å². The van der Waals surface area contributed by atoms with Gasteiger partial charge in [0.25, 0.3) is 0 Å². The molecule has 0 spiro atoms. The van der Waals surface area contributed by atoms with Gasteiger partial charge >= 0.3 is 0 Å². The molecule has 2 amide bonds. The lowest BCUT2D eigenvalue weighted by Crippen LogP contribution is -2.48. The second-order valence-electron chi connectivity index (χ2n) is 5.29. The van der Waals surface area contributed by atoms with E-state index in [4.69, 9.17) is 5.26 Å². The van der Waals surface area contributed by atoms with Crippen molar-refractivity contribution in [3.8, 4) is 6.07 Å². The predicted molar refractivity (Wildman–Crippen MR) is 85.0 cm³/mol. The number of carbonyl (C=O) groups is 2. The molecule has 0 aromatic heterocycles. The summed E-state index contributed by atoms with van der Waals surface area (Å²) in [5.74, 6) is -0.459. The second kappa shape index (κ2) is 9.56. The number of rotatable bonds is 8. The van der Waals surface area contributed by atoms with E-state index >= 15 is 0 Å². The van der Waals surface area contributed by atoms with Crippen molar-refractivity contribution < 1.29 is 9.59 Å². The zero-order valence-electron chi connectivity index (χ0n) is 13.2. The van der Waals surface area contributed by atoms with Crippen LogP contribution in [-0.2, 0) is 16.0 Å². The molecule has 5 nitrogen and oxygen atoms in total. The van der Waals surface area contributed by atoms with E-state index in [9.17, 15) is 9.59 Å². The molecule has 1 aromatic carbocycles. The summed E-state index contributed by atoms with van der Waals surface area (Å²) in [6.07, 6.45) is 2.54. The molecule has 5 heteroatoms. The Morgan fingerprint density at radius 1 is 1.36 bits per heavy atom. The number of unbranched alkanes of at least 4 members (excludes halogenated alkanes) is 1. The predicted octanol–water partition coefficient (Wildman–Crippen LogP) is 1.85. The van der Waals surface area contributed by atoms with E-state index in [0.29, 0.717) is 12.8 Å². The normalized spacial score (nSPS) is 11.3. The van der Waals surface area contributed by atoms with Gasteiger partial charge in [-0.05, 0) is 18.9 Å². The van der Waals surface area contributed by atoms with Crippen LogP contribution >= 0.6 is 0 Å². The van der Waals surface area contributed by atoms with Gasteiger partial charge in [-0.15, -0.1) is 0 Å². The fourth-order valence-electron chi connectivity index (χ4n) is 2.14. The van der Waals surface area contributed by atoms with E-state index in [-0.39, 0.29) is 18.4 Å². The maximum Gasteiger partial charge on any atom is 0.243 e. The highest BCUT2D eigenvalue weighted by Gasteiger charge is 2.20. The molecule has 1 rings (SSSR count). The maximum absolute atomic E-state index is 12.1. The molecule has 2 N–H and O–H groups in total. The fourth-order valence-corrected chi connectivity index (χ4v) is 2.14. The highest BCUT2D eigenvalue weighted by molar-refractivity contribution is 5.88. The molecule has 0 aliphatic rings. The Labute approximate surface area is 131 Å². The number of carbonyl (C=O) groups excluding carboxylic acids is 2. The van der Waals surface area contributed by atoms with Gasteiger partial charge in [-0.25, -0.2) is 0 Å². The van der Waals surface area contributed by atoms with Crippen LogP contribution in [0.2, 0.25) is 0 Å². The Bertz CT molecular complexity index is 549. The molecule has 0 saturated carbocycles. The van der Waals surface area contributed by atoms with Crippen molar-refractivity contribution in [3.63, 3.8) is 0 Å². The molecule has 0 unspecified atom stereocenters. The lowest BCUT2D eigenvalue weighted by Gasteiger charge is -2.18. The first-order chi connectivity index (χ1) is 10.6. The third-order valence-electron chi connectivity index (χ3n) is 3.27. The van der Waals surface area contributed by atoms with Crippen LogP contribution in [0.5, 0.6) is 0 Å². The van der Waals surface area contributed by atoms with Crippen LogP contribution in [0.15, 0.2) is 24.3 Å². The molecule has 0 heterocycles. The minimum Gasteiger partial charge on any atom is -0.344 e. The smallest absolute Gasteiger partial charge is 0.243 e. The van der Waals surface area contributed by atoms with Crippen LogP contribution in [-0.4, -0.2) is 24.4 Å². The van der Waals surface area contributed by atoms with Crippen molar-refractivity contribution in [2.45, 2.75) is 45.6 Å². The van der Waals surface area contributed by atoms with Crippen LogP contribution in [0.25, 0.3) is 0 Å². The van der Waals surface area contributed by atoms with Gasteiger partial charge in [-0.1, -0.05) is 43.2 Å². The van der Waals surface area contributed by atoms with Gasteiger partial charge in [0.15, 0.2) is 0 Å². The maximum atomic E-state index is 12.1. The van der Waals surface area contributed by atoms with E-state index < -0.39 is 6.04 Å². The van der Waals surface area contributed by atoms with Gasteiger partial charge < -0.3 is 10.6 Å². The molecule has 1 atom stereocenters. The van der Waals surface area contributed by atoms with Gasteiger partial charge in [0.05, 0.1) is 6.07 Å². The molecule has 0 fully saturated rings. The summed E-state index contributed by atoms with van der Waals surface area (Å²) in [6, 6.07) is 9.04. The summed E-state index contributed by atoms with van der Waals surface area (Å²) >= 11 is 0. The zero-order chi connectivity index (χ0) is 16.4. The number of nitrogens with zero attached hydrogens (tertiary/aromatic N) is 1. The van der Waals surface area contributed by atoms with Gasteiger partial charge in [0.1, 0.15) is 12.6 Å². The first kappa shape index (κ1) is 17.7. The van der Waals surface area contributed by atoms with Gasteiger partial charge in [-0.2, -0.15) is 5.26 Å². The molecule has 1 aromatic rings. The Morgan fingerprint density at radius 2 is 2.14 bits per heavy atom. The fraction of sp³-hybridized carbons (Fsp3) is 0.471. The number of hydrogen-bond acceptors (Lipinski definition) is 3. The lowest BCUT2D eigenvalue weighted by atomic mass is 10.0. The molecular weight excluding hydrogens is 278 g/mol. The van der Waals surface area contributed by atoms with Crippen molar-refractivity contribution in [2.75, 3.05) is 6.54 Å². The average Bonchev–Trinajstić information content (AvgIpc) is 2.50. The van der Waals surface area contributed by atoms with Gasteiger partial charge in [0, 0.05) is 12.8 Å². The number of amides is 2. The highest BCUT2D eigenvalue weighted by atomic mass is 16.2. The zero-order valence-corrected chi connectivity index (χ0v) is 13.2. The van der Waals surface area contributed by atoms with Crippen LogP contribution in [0.1, 0.15) is 37.3 Å². The van der Waals surface area contributed by atoms with Gasteiger partial charge in [-0.3, -0.25) is 9.59 Å². The van der Waals surface area contributed by atoms with E-state index in [1.54, 1.807) is 0 Å². The summed E-state index contributed by atoms with van der Waals surface area (Å²) in [5, 5.41) is 13.9. The average molecular weight is 301 g/mol. The minimum absolute atomic E-state index is 0.0615. The number of benzene rings is 1. The van der Waals surface area contributed by atoms with Crippen molar-refractivity contribution in [1.29, 1.82) is 5.26 Å². The van der Waals surface area contributed by atoms with Crippen molar-refractivity contribution in [3.05, 3.63) is 35.4 Å². The Balaban J connectivity index is 2.75. The third-order valence-corrected chi connectivity index (χ3v) is 3.27. The number of aryl methyl sites for hydroxylation is 1. The standard InChI is InChI=1S/C17H23N3O2/c1-3-4-8-16(21)20-15(17(22)19-10-9-18)12-14-7-5-6-13(2)11-14/h5-7,11,15H,3-4,8,10,12H2,1-2H3,(H,19,22)(H,20,21)/t15-/m0/s1. The van der Waals surface area contributed by atoms with E-state index in [0.717, 1.165) is 24.0 Å². The largest absolute Gasteiger partial charge is 0.344 e. The Kier molecular flexibility index (Phi) is 7.69. The summed E-state index contributed by atoms with van der Waals surface area (Å²) in [7, 11) is 0. The van der Waals surface area contributed by atoms with Crippen molar-refractivity contribution in [1.82, 2.24) is 10.6 Å². The van der Waals surface area contributed by atoms with Crippen LogP contribution in [0.3, 0.4) is 0 Å². The summed E-state index contributed by atoms with van der Waals surface area (Å²) < 4.78 is 0. The van der Waals surface area contributed by atoms with Gasteiger partial charge in [0.2, 0.25) is 11.8 Å². The summed E-state index contributed by atoms with van der Waals surface area (Å²) in [4.78, 5) is 24.0. The molecule has 118 valence electrons. The summed E-state index contributed by atoms with van der Waals surface area (Å²) in [6.45, 7) is 3.93. The lowest BCUT2D eigenvalue weighted by molar-refractivity contribution is -0.128. The molecular formula is C17H23N3O2. The molecule has 0 aliphatic carbocycles. The second-order valence-corrected chi connectivity index (χ2v) is 5.29. The molecule has 0 saturated heterocycles. The first-order valence-corrected chi connectivity index (χ1v) is 7.56. The first-order valence-electron chi connectivity index (χ1n) is 7.56. The van der Waals surface area contributed by atoms with E-state index in [1.807, 2.05) is 44.2 Å². The SMILES string of the molecule is CCCCC(=O)N[C@@H](Cc1cccc(C)c1)C(=O)NCC#N. The Hall–Kier alpha value is -2.35. The van der Waals surface area contributed by atoms with Crippen LogP contribution < -0.4 is 10.6 Å². The number of nitriles is 1. The molecule has 0 bridgehead atoms. The molecule has 22 heavy (non-hydrogen) atoms. The minimum atomic E-state index is -0.653. The van der Waals surface area contributed by atoms with Crippen molar-refractivity contribution >= 4 is 11.8 Å². The van der Waals surface area contributed by atoms with Crippen LogP contribution in [0, 0.1) is 18.3 Å². The molecule has 0 radical (unpaired) electrons. The summed E-state index contributed by atoms with van der Waals surface area (Å²) in [5.41, 5.74) is 2.08. The molecule has 0 aliphatic heterocycles. The van der Waals surface area contributed by atoms with E-state index in [1.165, 1.54) is 0 Å². The monoisotopic (exact) mass is 301 g/mol. The third kappa shape index (κ3) is 6.40. The number of hydrogen-bond donors (Lipinski definition) is 2. The van der Waals surface area contributed by atoms with E-state index in [2.05, 4.69) is 10.6 Å². The quantitative estimate of drug-likeness (QED) is 0.719. The highest BCUT2D eigenvalue weighted by Crippen LogP contribution is 2.08. The Morgan fingerprint density at radius 3 is 2.77 bits per heavy atom. The number of nitrogens with one attached hydrogen (secondary N) is 2. The van der Waals surface area contributed by atoms with Crippen LogP contribution in [0.4, 0.5) is 0 Å². The van der Waals surface area contributed by atoms with Crippen molar-refractivity contribution in [2.24, 2.45) is 0 Å².